The predicted molar refractivity (Wildman–Crippen MR) is 113 cm³/mol. The van der Waals surface area contributed by atoms with E-state index in [1.807, 2.05) is 30.3 Å². The molecule has 2 aromatic carbocycles. The van der Waals surface area contributed by atoms with Crippen LogP contribution in [0.25, 0.3) is 21.7 Å². The van der Waals surface area contributed by atoms with Gasteiger partial charge in [0.25, 0.3) is 0 Å². The Kier molecular flexibility index (Phi) is 4.46. The fourth-order valence-electron chi connectivity index (χ4n) is 3.28. The van der Waals surface area contributed by atoms with Crippen LogP contribution in [0.15, 0.2) is 74.3 Å². The molecule has 5 rings (SSSR count). The van der Waals surface area contributed by atoms with Gasteiger partial charge in [-0.3, -0.25) is 5.10 Å². The van der Waals surface area contributed by atoms with Crippen LogP contribution >= 0.6 is 23.1 Å². The Bertz CT molecular complexity index is 1320. The third-order valence-corrected chi connectivity index (χ3v) is 6.28. The topological polar surface area (TPSA) is 71.8 Å². The normalized spacial score (nSPS) is 11.4. The first-order valence-electron chi connectivity index (χ1n) is 8.77. The molecule has 5 aromatic rings. The molecule has 3 heterocycles. The van der Waals surface area contributed by atoms with Crippen LogP contribution in [0.1, 0.15) is 16.3 Å². The van der Waals surface area contributed by atoms with Gasteiger partial charge in [0.15, 0.2) is 0 Å². The number of hydrogen-bond acceptors (Lipinski definition) is 6. The molecule has 0 atom stereocenters. The van der Waals surface area contributed by atoms with Crippen molar-refractivity contribution in [3.8, 4) is 0 Å². The van der Waals surface area contributed by atoms with Crippen molar-refractivity contribution in [3.63, 3.8) is 0 Å². The van der Waals surface area contributed by atoms with Gasteiger partial charge >= 0.3 is 5.63 Å². The Morgan fingerprint density at radius 2 is 2.04 bits per heavy atom. The molecule has 138 valence electrons. The lowest BCUT2D eigenvalue weighted by atomic mass is 10.0. The molecule has 1 N–H and O–H groups in total. The Hall–Kier alpha value is -2.90. The lowest BCUT2D eigenvalue weighted by molar-refractivity contribution is 0.560. The number of aromatic amines is 1. The molecule has 0 saturated carbocycles. The number of nitrogens with zero attached hydrogens (tertiary/aromatic N) is 2. The highest BCUT2D eigenvalue weighted by atomic mass is 32.2. The summed E-state index contributed by atoms with van der Waals surface area (Å²) in [5.74, 6) is 1.43. The van der Waals surface area contributed by atoms with Crippen molar-refractivity contribution < 1.29 is 4.42 Å². The predicted octanol–water partition coefficient (Wildman–Crippen LogP) is 5.01. The standard InChI is InChI=1S/C21H15N3O2S2/c25-19-10-14(20-16-6-2-1-4-13(16)7-8-17(20)26-19)12-28-21-22-18(23-24-21)11-15-5-3-9-27-15/h1-10H,11-12H2,(H,22,23,24). The summed E-state index contributed by atoms with van der Waals surface area (Å²) >= 11 is 3.21. The number of nitrogens with one attached hydrogen (secondary N) is 1. The molecule has 0 aliphatic rings. The van der Waals surface area contributed by atoms with Gasteiger partial charge in [0.05, 0.1) is 0 Å². The van der Waals surface area contributed by atoms with Crippen LogP contribution in [0.5, 0.6) is 0 Å². The van der Waals surface area contributed by atoms with Gasteiger partial charge in [-0.2, -0.15) is 0 Å². The van der Waals surface area contributed by atoms with Crippen molar-refractivity contribution in [2.75, 3.05) is 0 Å². The van der Waals surface area contributed by atoms with Crippen molar-refractivity contribution in [3.05, 3.63) is 86.7 Å². The maximum atomic E-state index is 12.0. The number of aromatic nitrogens is 3. The average Bonchev–Trinajstić information content (AvgIpc) is 3.38. The van der Waals surface area contributed by atoms with Crippen LogP contribution in [0, 0.1) is 0 Å². The molecule has 7 heteroatoms. The van der Waals surface area contributed by atoms with Crippen molar-refractivity contribution >= 4 is 44.8 Å². The summed E-state index contributed by atoms with van der Waals surface area (Å²) in [5.41, 5.74) is 1.19. The number of thiophene rings is 1. The van der Waals surface area contributed by atoms with Crippen molar-refractivity contribution in [2.45, 2.75) is 17.3 Å². The van der Waals surface area contributed by atoms with Crippen LogP contribution < -0.4 is 5.63 Å². The summed E-state index contributed by atoms with van der Waals surface area (Å²) < 4.78 is 5.42. The minimum Gasteiger partial charge on any atom is -0.423 e. The molecule has 0 saturated heterocycles. The molecule has 0 amide bonds. The lowest BCUT2D eigenvalue weighted by Crippen LogP contribution is -2.00. The van der Waals surface area contributed by atoms with Gasteiger partial charge in [-0.05, 0) is 33.8 Å². The fourth-order valence-corrected chi connectivity index (χ4v) is 4.78. The molecule has 0 spiro atoms. The molecule has 3 aromatic heterocycles. The fraction of sp³-hybridized carbons (Fsp3) is 0.0952. The second-order valence-corrected chi connectivity index (χ2v) is 8.33. The first-order valence-corrected chi connectivity index (χ1v) is 10.6. The molecular weight excluding hydrogens is 390 g/mol. The van der Waals surface area contributed by atoms with Crippen LogP contribution in [0.2, 0.25) is 0 Å². The van der Waals surface area contributed by atoms with Gasteiger partial charge in [-0.25, -0.2) is 9.78 Å². The number of H-pyrrole nitrogens is 1. The zero-order valence-electron chi connectivity index (χ0n) is 14.7. The zero-order valence-corrected chi connectivity index (χ0v) is 16.3. The van der Waals surface area contributed by atoms with E-state index in [1.165, 1.54) is 16.6 Å². The maximum Gasteiger partial charge on any atom is 0.336 e. The molecule has 0 fully saturated rings. The number of hydrogen-bond donors (Lipinski definition) is 1. The van der Waals surface area contributed by atoms with Crippen molar-refractivity contribution in [1.82, 2.24) is 15.2 Å². The van der Waals surface area contributed by atoms with Gasteiger partial charge in [0.2, 0.25) is 5.16 Å². The van der Waals surface area contributed by atoms with Gasteiger partial charge in [0, 0.05) is 28.5 Å². The summed E-state index contributed by atoms with van der Waals surface area (Å²) in [4.78, 5) is 17.8. The first-order chi connectivity index (χ1) is 13.8. The highest BCUT2D eigenvalue weighted by molar-refractivity contribution is 7.98. The first kappa shape index (κ1) is 17.2. The average molecular weight is 406 g/mol. The SMILES string of the molecule is O=c1cc(CSc2n[nH]c(Cc3cccs3)n2)c2c(ccc3ccccc32)o1. The summed E-state index contributed by atoms with van der Waals surface area (Å²) in [6.07, 6.45) is 0.744. The minimum absolute atomic E-state index is 0.341. The van der Waals surface area contributed by atoms with Gasteiger partial charge in [-0.15, -0.1) is 16.4 Å². The monoisotopic (exact) mass is 405 g/mol. The molecule has 0 unspecified atom stereocenters. The molecule has 0 radical (unpaired) electrons. The van der Waals surface area contributed by atoms with E-state index in [0.29, 0.717) is 16.5 Å². The summed E-state index contributed by atoms with van der Waals surface area (Å²) in [6, 6.07) is 17.6. The lowest BCUT2D eigenvalue weighted by Gasteiger charge is -2.07. The Balaban J connectivity index is 1.46. The Morgan fingerprint density at radius 1 is 1.11 bits per heavy atom. The van der Waals surface area contributed by atoms with Crippen LogP contribution in [0.3, 0.4) is 0 Å². The van der Waals surface area contributed by atoms with Gasteiger partial charge in [-0.1, -0.05) is 48.2 Å². The van der Waals surface area contributed by atoms with Gasteiger partial charge < -0.3 is 4.42 Å². The summed E-state index contributed by atoms with van der Waals surface area (Å²) in [7, 11) is 0. The third kappa shape index (κ3) is 3.34. The van der Waals surface area contributed by atoms with Gasteiger partial charge in [0.1, 0.15) is 11.4 Å². The number of rotatable bonds is 5. The Morgan fingerprint density at radius 3 is 2.93 bits per heavy atom. The summed E-state index contributed by atoms with van der Waals surface area (Å²) in [6.45, 7) is 0. The molecule has 0 aliphatic carbocycles. The summed E-state index contributed by atoms with van der Waals surface area (Å²) in [5, 5.41) is 13.2. The molecule has 28 heavy (non-hydrogen) atoms. The van der Waals surface area contributed by atoms with E-state index in [4.69, 9.17) is 4.42 Å². The van der Waals surface area contributed by atoms with Crippen LogP contribution in [-0.2, 0) is 12.2 Å². The van der Waals surface area contributed by atoms with E-state index < -0.39 is 0 Å². The van der Waals surface area contributed by atoms with Crippen LogP contribution in [-0.4, -0.2) is 15.2 Å². The Labute approximate surface area is 168 Å². The highest BCUT2D eigenvalue weighted by Crippen LogP contribution is 2.30. The smallest absolute Gasteiger partial charge is 0.336 e. The van der Waals surface area contributed by atoms with E-state index in [9.17, 15) is 4.79 Å². The molecule has 5 nitrogen and oxygen atoms in total. The van der Waals surface area contributed by atoms with Crippen molar-refractivity contribution in [1.29, 1.82) is 0 Å². The zero-order chi connectivity index (χ0) is 18.9. The molecule has 0 bridgehead atoms. The van der Waals surface area contributed by atoms with Crippen molar-refractivity contribution in [2.24, 2.45) is 0 Å². The van der Waals surface area contributed by atoms with E-state index >= 15 is 0 Å². The maximum absolute atomic E-state index is 12.0. The number of benzene rings is 2. The molecular formula is C21H15N3O2S2. The second kappa shape index (κ2) is 7.26. The third-order valence-electron chi connectivity index (χ3n) is 4.50. The van der Waals surface area contributed by atoms with E-state index in [0.717, 1.165) is 34.0 Å². The highest BCUT2D eigenvalue weighted by Gasteiger charge is 2.12. The largest absolute Gasteiger partial charge is 0.423 e. The number of thioether (sulfide) groups is 1. The number of fused-ring (bicyclic) bond motifs is 3. The van der Waals surface area contributed by atoms with E-state index in [-0.39, 0.29) is 5.63 Å². The minimum atomic E-state index is -0.341. The van der Waals surface area contributed by atoms with Crippen LogP contribution in [0.4, 0.5) is 0 Å². The molecule has 0 aliphatic heterocycles. The van der Waals surface area contributed by atoms with E-state index in [1.54, 1.807) is 17.4 Å². The van der Waals surface area contributed by atoms with E-state index in [2.05, 4.69) is 38.8 Å². The second-order valence-electron chi connectivity index (χ2n) is 6.36. The quantitative estimate of drug-likeness (QED) is 0.253.